The van der Waals surface area contributed by atoms with Crippen molar-refractivity contribution in [2.75, 3.05) is 13.7 Å². The van der Waals surface area contributed by atoms with Crippen LogP contribution in [-0.2, 0) is 4.74 Å². The maximum Gasteiger partial charge on any atom is 0.337 e. The van der Waals surface area contributed by atoms with Gasteiger partial charge in [0.15, 0.2) is 0 Å². The highest BCUT2D eigenvalue weighted by molar-refractivity contribution is 5.90. The number of hydrogen-bond donors (Lipinski definition) is 0. The van der Waals surface area contributed by atoms with Crippen LogP contribution in [0.3, 0.4) is 0 Å². The summed E-state index contributed by atoms with van der Waals surface area (Å²) in [6.07, 6.45) is 4.20. The van der Waals surface area contributed by atoms with Crippen LogP contribution in [0.25, 0.3) is 6.08 Å². The zero-order valence-corrected chi connectivity index (χ0v) is 9.94. The number of esters is 1. The summed E-state index contributed by atoms with van der Waals surface area (Å²) >= 11 is 0. The van der Waals surface area contributed by atoms with Crippen molar-refractivity contribution in [2.45, 2.75) is 12.8 Å². The first-order valence-corrected chi connectivity index (χ1v) is 5.72. The molecule has 1 saturated carbocycles. The summed E-state index contributed by atoms with van der Waals surface area (Å²) in [5, 5.41) is 0. The Morgan fingerprint density at radius 1 is 1.53 bits per heavy atom. The van der Waals surface area contributed by atoms with Gasteiger partial charge in [-0.1, -0.05) is 12.7 Å². The second-order valence-corrected chi connectivity index (χ2v) is 4.20. The Kier molecular flexibility index (Phi) is 3.47. The van der Waals surface area contributed by atoms with E-state index in [4.69, 9.17) is 4.74 Å². The van der Waals surface area contributed by atoms with Crippen LogP contribution in [0, 0.1) is 5.92 Å². The molecule has 0 saturated heterocycles. The van der Waals surface area contributed by atoms with E-state index in [2.05, 4.69) is 11.3 Å². The molecular formula is C14H16O3. The van der Waals surface area contributed by atoms with Crippen LogP contribution in [0.1, 0.15) is 28.8 Å². The number of benzene rings is 1. The molecule has 3 heteroatoms. The van der Waals surface area contributed by atoms with E-state index in [0.717, 1.165) is 17.9 Å². The van der Waals surface area contributed by atoms with Crippen molar-refractivity contribution in [1.29, 1.82) is 0 Å². The molecular weight excluding hydrogens is 216 g/mol. The molecule has 1 aliphatic carbocycles. The van der Waals surface area contributed by atoms with Crippen LogP contribution in [0.5, 0.6) is 5.75 Å². The maximum absolute atomic E-state index is 11.4. The number of hydrogen-bond acceptors (Lipinski definition) is 3. The predicted octanol–water partition coefficient (Wildman–Crippen LogP) is 2.91. The Morgan fingerprint density at radius 2 is 2.29 bits per heavy atom. The summed E-state index contributed by atoms with van der Waals surface area (Å²) in [6, 6.07) is 5.24. The average molecular weight is 232 g/mol. The van der Waals surface area contributed by atoms with E-state index in [-0.39, 0.29) is 5.97 Å². The van der Waals surface area contributed by atoms with E-state index in [1.807, 2.05) is 0 Å². The summed E-state index contributed by atoms with van der Waals surface area (Å²) in [6.45, 7) is 4.48. The van der Waals surface area contributed by atoms with Crippen molar-refractivity contribution in [3.63, 3.8) is 0 Å². The Balaban J connectivity index is 2.14. The third-order valence-electron chi connectivity index (χ3n) is 2.82. The van der Waals surface area contributed by atoms with E-state index in [1.54, 1.807) is 24.3 Å². The average Bonchev–Trinajstić information content (AvgIpc) is 3.19. The van der Waals surface area contributed by atoms with Crippen molar-refractivity contribution in [3.05, 3.63) is 35.9 Å². The smallest absolute Gasteiger partial charge is 0.337 e. The molecule has 0 aliphatic heterocycles. The molecule has 0 unspecified atom stereocenters. The van der Waals surface area contributed by atoms with E-state index in [0.29, 0.717) is 11.5 Å². The second-order valence-electron chi connectivity index (χ2n) is 4.20. The van der Waals surface area contributed by atoms with Crippen molar-refractivity contribution < 1.29 is 14.3 Å². The zero-order chi connectivity index (χ0) is 12.3. The van der Waals surface area contributed by atoms with Gasteiger partial charge in [0.25, 0.3) is 0 Å². The highest BCUT2D eigenvalue weighted by Gasteiger charge is 2.22. The predicted molar refractivity (Wildman–Crippen MR) is 66.1 cm³/mol. The van der Waals surface area contributed by atoms with Gasteiger partial charge in [0, 0.05) is 5.56 Å². The maximum atomic E-state index is 11.4. The van der Waals surface area contributed by atoms with Gasteiger partial charge in [0.2, 0.25) is 0 Å². The summed E-state index contributed by atoms with van der Waals surface area (Å²) in [7, 11) is 1.37. The van der Waals surface area contributed by atoms with Crippen molar-refractivity contribution in [1.82, 2.24) is 0 Å². The van der Waals surface area contributed by atoms with Crippen LogP contribution >= 0.6 is 0 Å². The van der Waals surface area contributed by atoms with Crippen molar-refractivity contribution in [2.24, 2.45) is 5.92 Å². The third-order valence-corrected chi connectivity index (χ3v) is 2.82. The zero-order valence-electron chi connectivity index (χ0n) is 9.94. The topological polar surface area (TPSA) is 35.5 Å². The van der Waals surface area contributed by atoms with Crippen molar-refractivity contribution in [3.8, 4) is 5.75 Å². The van der Waals surface area contributed by atoms with Crippen LogP contribution in [-0.4, -0.2) is 19.7 Å². The first kappa shape index (κ1) is 11.7. The lowest BCUT2D eigenvalue weighted by atomic mass is 10.1. The van der Waals surface area contributed by atoms with Gasteiger partial charge in [0.1, 0.15) is 5.75 Å². The lowest BCUT2D eigenvalue weighted by Crippen LogP contribution is -2.04. The molecule has 0 spiro atoms. The first-order chi connectivity index (χ1) is 8.24. The molecule has 1 aromatic rings. The molecule has 1 aromatic carbocycles. The normalized spacial score (nSPS) is 14.2. The van der Waals surface area contributed by atoms with Gasteiger partial charge in [-0.2, -0.15) is 0 Å². The highest BCUT2D eigenvalue weighted by atomic mass is 16.5. The standard InChI is InChI=1S/C14H16O3/c1-3-11-8-12(14(15)16-2)6-7-13(11)17-9-10-4-5-10/h3,6-8,10H,1,4-5,9H2,2H3. The summed E-state index contributed by atoms with van der Waals surface area (Å²) in [5.41, 5.74) is 1.34. The Hall–Kier alpha value is -1.77. The lowest BCUT2D eigenvalue weighted by Gasteiger charge is -2.09. The summed E-state index contributed by atoms with van der Waals surface area (Å²) < 4.78 is 10.4. The van der Waals surface area contributed by atoms with Gasteiger partial charge in [-0.15, -0.1) is 0 Å². The van der Waals surface area contributed by atoms with Crippen LogP contribution in [0.2, 0.25) is 0 Å². The summed E-state index contributed by atoms with van der Waals surface area (Å²) in [4.78, 5) is 11.4. The highest BCUT2D eigenvalue weighted by Crippen LogP contribution is 2.30. The fraction of sp³-hybridized carbons (Fsp3) is 0.357. The van der Waals surface area contributed by atoms with Gasteiger partial charge < -0.3 is 9.47 Å². The van der Waals surface area contributed by atoms with E-state index in [1.165, 1.54) is 20.0 Å². The molecule has 0 heterocycles. The molecule has 0 atom stereocenters. The minimum Gasteiger partial charge on any atom is -0.493 e. The Morgan fingerprint density at radius 3 is 2.88 bits per heavy atom. The molecule has 0 amide bonds. The minimum atomic E-state index is -0.346. The van der Waals surface area contributed by atoms with Gasteiger partial charge in [-0.25, -0.2) is 4.79 Å². The van der Waals surface area contributed by atoms with Gasteiger partial charge in [-0.3, -0.25) is 0 Å². The SMILES string of the molecule is C=Cc1cc(C(=O)OC)ccc1OCC1CC1. The minimum absolute atomic E-state index is 0.346. The Bertz CT molecular complexity index is 433. The fourth-order valence-electron chi connectivity index (χ4n) is 1.58. The molecule has 17 heavy (non-hydrogen) atoms. The molecule has 0 N–H and O–H groups in total. The number of ether oxygens (including phenoxy) is 2. The van der Waals surface area contributed by atoms with Crippen molar-refractivity contribution >= 4 is 12.0 Å². The van der Waals surface area contributed by atoms with Crippen LogP contribution < -0.4 is 4.74 Å². The molecule has 0 radical (unpaired) electrons. The van der Waals surface area contributed by atoms with Crippen LogP contribution in [0.4, 0.5) is 0 Å². The quantitative estimate of drug-likeness (QED) is 0.732. The van der Waals surface area contributed by atoms with E-state index >= 15 is 0 Å². The van der Waals surface area contributed by atoms with Gasteiger partial charge in [0.05, 0.1) is 19.3 Å². The van der Waals surface area contributed by atoms with Crippen LogP contribution in [0.15, 0.2) is 24.8 Å². The Labute approximate surface area is 101 Å². The van der Waals surface area contributed by atoms with E-state index < -0.39 is 0 Å². The summed E-state index contributed by atoms with van der Waals surface area (Å²) in [5.74, 6) is 1.13. The van der Waals surface area contributed by atoms with Gasteiger partial charge in [-0.05, 0) is 37.0 Å². The molecule has 0 aromatic heterocycles. The number of methoxy groups -OCH3 is 1. The number of carbonyl (C=O) groups excluding carboxylic acids is 1. The molecule has 1 fully saturated rings. The molecule has 1 aliphatic rings. The second kappa shape index (κ2) is 5.04. The number of rotatable bonds is 5. The number of carbonyl (C=O) groups is 1. The third kappa shape index (κ3) is 2.87. The fourth-order valence-corrected chi connectivity index (χ4v) is 1.58. The lowest BCUT2D eigenvalue weighted by molar-refractivity contribution is 0.0600. The molecule has 2 rings (SSSR count). The largest absolute Gasteiger partial charge is 0.493 e. The van der Waals surface area contributed by atoms with Gasteiger partial charge >= 0.3 is 5.97 Å². The molecule has 3 nitrogen and oxygen atoms in total. The monoisotopic (exact) mass is 232 g/mol. The first-order valence-electron chi connectivity index (χ1n) is 5.72. The molecule has 90 valence electrons. The molecule has 0 bridgehead atoms. The van der Waals surface area contributed by atoms with E-state index in [9.17, 15) is 4.79 Å².